The minimum Gasteiger partial charge on any atom is -0.489 e. The molecule has 1 aromatic rings. The largest absolute Gasteiger partial charge is 0.489 e. The maximum Gasteiger partial charge on any atom is 0.190 e. The predicted octanol–water partition coefficient (Wildman–Crippen LogP) is 5.27. The molecule has 21 heavy (non-hydrogen) atoms. The van der Waals surface area contributed by atoms with Crippen LogP contribution in [0.15, 0.2) is 30.9 Å². The van der Waals surface area contributed by atoms with Gasteiger partial charge in [-0.2, -0.15) is 11.1 Å². The smallest absolute Gasteiger partial charge is 0.190 e. The fraction of sp³-hybridized carbons (Fsp3) is 0.556. The minimum atomic E-state index is -1.96. The van der Waals surface area contributed by atoms with Crippen molar-refractivity contribution in [2.24, 2.45) is 5.41 Å². The van der Waals surface area contributed by atoms with Gasteiger partial charge in [0.05, 0.1) is 0 Å². The van der Waals surface area contributed by atoms with E-state index in [9.17, 15) is 0 Å². The van der Waals surface area contributed by atoms with Gasteiger partial charge in [-0.1, -0.05) is 65.5 Å². The van der Waals surface area contributed by atoms with E-state index >= 15 is 0 Å². The van der Waals surface area contributed by atoms with Crippen LogP contribution >= 0.6 is 11.1 Å². The molecule has 0 bridgehead atoms. The van der Waals surface area contributed by atoms with Crippen LogP contribution < -0.4 is 9.92 Å². The molecule has 1 aromatic carbocycles. The van der Waals surface area contributed by atoms with Crippen LogP contribution in [0, 0.1) is 5.41 Å². The minimum absolute atomic E-state index is 0.222. The van der Waals surface area contributed by atoms with Crippen molar-refractivity contribution in [3.05, 3.63) is 36.4 Å². The van der Waals surface area contributed by atoms with Gasteiger partial charge in [0, 0.05) is 0 Å². The van der Waals surface area contributed by atoms with Crippen molar-refractivity contribution in [3.8, 4) is 5.75 Å². The van der Waals surface area contributed by atoms with E-state index in [1.54, 1.807) is 6.08 Å². The molecule has 0 aliphatic rings. The lowest BCUT2D eigenvalue weighted by Crippen LogP contribution is -2.42. The highest BCUT2D eigenvalue weighted by Gasteiger charge is 2.33. The zero-order valence-corrected chi connectivity index (χ0v) is 15.9. The summed E-state index contributed by atoms with van der Waals surface area (Å²) in [5.41, 5.74) is 1.49. The fourth-order valence-corrected chi connectivity index (χ4v) is 5.33. The third-order valence-electron chi connectivity index (χ3n) is 3.77. The first kappa shape index (κ1) is 18.3. The molecule has 0 heterocycles. The Morgan fingerprint density at radius 2 is 1.86 bits per heavy atom. The van der Waals surface area contributed by atoms with E-state index in [4.69, 9.17) is 15.8 Å². The summed E-state index contributed by atoms with van der Waals surface area (Å²) in [6.07, 6.45) is 2.79. The van der Waals surface area contributed by atoms with Crippen LogP contribution in [-0.2, 0) is 6.42 Å². The monoisotopic (exact) mass is 324 g/mol. The summed E-state index contributed by atoms with van der Waals surface area (Å²) < 4.78 is 6.05. The molecule has 0 spiro atoms. The molecule has 0 radical (unpaired) electrons. The lowest BCUT2D eigenvalue weighted by atomic mass is 9.88. The highest BCUT2D eigenvalue weighted by molar-refractivity contribution is 7.27. The maximum atomic E-state index is 6.99. The van der Waals surface area contributed by atoms with Gasteiger partial charge < -0.3 is 4.74 Å². The molecule has 118 valence electrons. The van der Waals surface area contributed by atoms with E-state index in [2.05, 4.69) is 59.4 Å². The summed E-state index contributed by atoms with van der Waals surface area (Å²) in [6.45, 7) is 15.4. The Morgan fingerprint density at radius 3 is 2.33 bits per heavy atom. The van der Waals surface area contributed by atoms with E-state index < -0.39 is 7.38 Å². The molecule has 0 fully saturated rings. The first-order valence-electron chi connectivity index (χ1n) is 7.82. The second kappa shape index (κ2) is 7.51. The molecule has 0 saturated heterocycles. The number of halogens is 1. The molecule has 0 atom stereocenters. The second-order valence-electron chi connectivity index (χ2n) is 6.80. The topological polar surface area (TPSA) is 9.23 Å². The van der Waals surface area contributed by atoms with Crippen molar-refractivity contribution < 1.29 is 4.74 Å². The van der Waals surface area contributed by atoms with E-state index in [1.165, 1.54) is 10.8 Å². The van der Waals surface area contributed by atoms with Crippen molar-refractivity contribution in [2.45, 2.75) is 53.1 Å². The lowest BCUT2D eigenvalue weighted by Gasteiger charge is -2.28. The summed E-state index contributed by atoms with van der Waals surface area (Å²) in [5, 5.41) is 1.25. The highest BCUT2D eigenvalue weighted by atomic mass is 35.6. The molecule has 1 nitrogen and oxygen atoms in total. The Balaban J connectivity index is 3.35. The molecule has 0 aromatic heterocycles. The number of benzene rings is 1. The standard InChI is InChI=1S/C18H29ClOSi/c1-7-13-20-17-15(14-18(4,5)6)11-10-12-16(17)21(19,8-2)9-3/h7,10-12H,1,8-9,13-14H2,2-6H3. The van der Waals surface area contributed by atoms with Crippen LogP contribution in [0.2, 0.25) is 12.1 Å². The van der Waals surface area contributed by atoms with E-state index in [0.717, 1.165) is 24.3 Å². The average molecular weight is 325 g/mol. The first-order valence-corrected chi connectivity index (χ1v) is 11.2. The average Bonchev–Trinajstić information content (AvgIpc) is 2.43. The third-order valence-corrected chi connectivity index (χ3v) is 9.58. The van der Waals surface area contributed by atoms with Crippen molar-refractivity contribution in [2.75, 3.05) is 6.61 Å². The second-order valence-corrected chi connectivity index (χ2v) is 12.9. The van der Waals surface area contributed by atoms with Crippen LogP contribution in [0.4, 0.5) is 0 Å². The zero-order valence-electron chi connectivity index (χ0n) is 14.1. The summed E-state index contributed by atoms with van der Waals surface area (Å²) in [5.74, 6) is 1.01. The molecule has 0 N–H and O–H groups in total. The molecular formula is C18H29ClOSi. The van der Waals surface area contributed by atoms with Gasteiger partial charge in [-0.05, 0) is 34.7 Å². The van der Waals surface area contributed by atoms with Crippen LogP contribution in [0.25, 0.3) is 0 Å². The van der Waals surface area contributed by atoms with Crippen molar-refractivity contribution in [1.82, 2.24) is 0 Å². The summed E-state index contributed by atoms with van der Waals surface area (Å²) >= 11 is 6.99. The van der Waals surface area contributed by atoms with Crippen LogP contribution in [0.5, 0.6) is 5.75 Å². The third kappa shape index (κ3) is 4.89. The fourth-order valence-electron chi connectivity index (χ4n) is 2.59. The van der Waals surface area contributed by atoms with Gasteiger partial charge in [0.2, 0.25) is 0 Å². The maximum absolute atomic E-state index is 6.99. The Labute approximate surface area is 136 Å². The van der Waals surface area contributed by atoms with Crippen LogP contribution in [0.1, 0.15) is 40.2 Å². The molecule has 0 aliphatic heterocycles. The van der Waals surface area contributed by atoms with Gasteiger partial charge in [0.1, 0.15) is 12.4 Å². The molecule has 0 saturated carbocycles. The molecular weight excluding hydrogens is 296 g/mol. The van der Waals surface area contributed by atoms with Gasteiger partial charge in [-0.3, -0.25) is 0 Å². The van der Waals surface area contributed by atoms with Crippen molar-refractivity contribution >= 4 is 23.6 Å². The molecule has 0 amide bonds. The molecule has 3 heteroatoms. The van der Waals surface area contributed by atoms with Gasteiger partial charge in [0.15, 0.2) is 7.38 Å². The van der Waals surface area contributed by atoms with Gasteiger partial charge in [0.25, 0.3) is 0 Å². The Bertz CT molecular complexity index is 473. The highest BCUT2D eigenvalue weighted by Crippen LogP contribution is 2.31. The number of ether oxygens (including phenoxy) is 1. The summed E-state index contributed by atoms with van der Waals surface area (Å²) in [7, 11) is -1.96. The molecule has 0 aliphatic carbocycles. The SMILES string of the molecule is C=CCOc1c(CC(C)(C)C)cccc1[Si](Cl)(CC)CC. The van der Waals surface area contributed by atoms with E-state index in [1.807, 2.05) is 0 Å². The first-order chi connectivity index (χ1) is 9.77. The number of hydrogen-bond donors (Lipinski definition) is 0. The van der Waals surface area contributed by atoms with Crippen molar-refractivity contribution in [1.29, 1.82) is 0 Å². The Kier molecular flexibility index (Phi) is 6.55. The van der Waals surface area contributed by atoms with Crippen molar-refractivity contribution in [3.63, 3.8) is 0 Å². The predicted molar refractivity (Wildman–Crippen MR) is 97.5 cm³/mol. The van der Waals surface area contributed by atoms with Crippen LogP contribution in [-0.4, -0.2) is 14.0 Å². The van der Waals surface area contributed by atoms with E-state index in [-0.39, 0.29) is 5.41 Å². The van der Waals surface area contributed by atoms with Crippen LogP contribution in [0.3, 0.4) is 0 Å². The number of para-hydroxylation sites is 1. The summed E-state index contributed by atoms with van der Waals surface area (Å²) in [4.78, 5) is 0. The quantitative estimate of drug-likeness (QED) is 0.377. The van der Waals surface area contributed by atoms with Gasteiger partial charge in [-0.25, -0.2) is 0 Å². The summed E-state index contributed by atoms with van der Waals surface area (Å²) in [6, 6.07) is 8.51. The molecule has 1 rings (SSSR count). The normalized spacial score (nSPS) is 12.3. The molecule has 0 unspecified atom stereocenters. The lowest BCUT2D eigenvalue weighted by molar-refractivity contribution is 0.348. The number of rotatable bonds is 7. The van der Waals surface area contributed by atoms with Gasteiger partial charge in [-0.15, -0.1) is 0 Å². The van der Waals surface area contributed by atoms with Gasteiger partial charge >= 0.3 is 0 Å². The number of hydrogen-bond acceptors (Lipinski definition) is 1. The Hall–Kier alpha value is -0.733. The Morgan fingerprint density at radius 1 is 1.24 bits per heavy atom. The zero-order chi connectivity index (χ0) is 16.1. The van der Waals surface area contributed by atoms with E-state index in [0.29, 0.717) is 6.61 Å².